The zero-order valence-corrected chi connectivity index (χ0v) is 7.62. The summed E-state index contributed by atoms with van der Waals surface area (Å²) in [6.45, 7) is 0. The quantitative estimate of drug-likeness (QED) is 0.692. The van der Waals surface area contributed by atoms with Gasteiger partial charge in [-0.15, -0.1) is 12.4 Å². The predicted octanol–water partition coefficient (Wildman–Crippen LogP) is 2.91. The Balaban J connectivity index is 0.000000845. The van der Waals surface area contributed by atoms with Crippen LogP contribution in [0.15, 0.2) is 42.7 Å². The fraction of sp³-hybridized carbons (Fsp3) is 0. The third-order valence-corrected chi connectivity index (χ3v) is 1.69. The van der Waals surface area contributed by atoms with Crippen molar-refractivity contribution >= 4 is 18.2 Å². The van der Waals surface area contributed by atoms with E-state index in [2.05, 4.69) is 0 Å². The molecule has 0 radical (unpaired) electrons. The van der Waals surface area contributed by atoms with Crippen molar-refractivity contribution in [3.63, 3.8) is 0 Å². The van der Waals surface area contributed by atoms with E-state index >= 15 is 0 Å². The number of hydrogen-bond donors (Lipinski definition) is 1. The number of fused-ring (bicyclic) bond motifs is 1. The zero-order valence-electron chi connectivity index (χ0n) is 6.81. The summed E-state index contributed by atoms with van der Waals surface area (Å²) < 4.78 is 5.23. The van der Waals surface area contributed by atoms with Gasteiger partial charge >= 0.3 is 0 Å². The molecule has 0 fully saturated rings. The molecule has 0 bridgehead atoms. The van der Waals surface area contributed by atoms with Gasteiger partial charge in [-0.2, -0.15) is 0 Å². The van der Waals surface area contributed by atoms with E-state index in [0.29, 0.717) is 5.75 Å². The fourth-order valence-electron chi connectivity index (χ4n) is 1.11. The highest BCUT2D eigenvalue weighted by molar-refractivity contribution is 5.85. The summed E-state index contributed by atoms with van der Waals surface area (Å²) >= 11 is 0. The third kappa shape index (κ3) is 1.84. The SMILES string of the molecule is Cl.OC1=CC=COc2ccccc21. The van der Waals surface area contributed by atoms with Crippen molar-refractivity contribution in [2.24, 2.45) is 0 Å². The Labute approximate surface area is 82.6 Å². The monoisotopic (exact) mass is 196 g/mol. The van der Waals surface area contributed by atoms with E-state index in [9.17, 15) is 5.11 Å². The van der Waals surface area contributed by atoms with Gasteiger partial charge in [-0.3, -0.25) is 0 Å². The summed E-state index contributed by atoms with van der Waals surface area (Å²) in [6.07, 6.45) is 4.81. The first-order chi connectivity index (χ1) is 5.88. The van der Waals surface area contributed by atoms with E-state index < -0.39 is 0 Å². The maximum atomic E-state index is 9.47. The lowest BCUT2D eigenvalue weighted by Gasteiger charge is -2.03. The molecular formula is C10H9ClO2. The number of para-hydroxylation sites is 1. The Hall–Kier alpha value is -1.41. The molecule has 0 atom stereocenters. The van der Waals surface area contributed by atoms with Crippen LogP contribution in [0.25, 0.3) is 5.76 Å². The number of allylic oxidation sites excluding steroid dienone is 2. The Bertz CT molecular complexity index is 356. The molecule has 0 spiro atoms. The van der Waals surface area contributed by atoms with Crippen LogP contribution in [0.4, 0.5) is 0 Å². The molecule has 1 aliphatic heterocycles. The molecule has 3 heteroatoms. The molecule has 1 N–H and O–H groups in total. The van der Waals surface area contributed by atoms with Gasteiger partial charge in [-0.1, -0.05) is 12.1 Å². The molecule has 1 aromatic rings. The molecule has 0 unspecified atom stereocenters. The van der Waals surface area contributed by atoms with Gasteiger partial charge in [0.1, 0.15) is 11.5 Å². The number of aliphatic hydroxyl groups excluding tert-OH is 1. The number of hydrogen-bond acceptors (Lipinski definition) is 2. The Kier molecular flexibility index (Phi) is 2.98. The van der Waals surface area contributed by atoms with Crippen LogP contribution in [0, 0.1) is 0 Å². The van der Waals surface area contributed by atoms with Crippen LogP contribution in [-0.2, 0) is 0 Å². The van der Waals surface area contributed by atoms with E-state index in [4.69, 9.17) is 4.74 Å². The lowest BCUT2D eigenvalue weighted by atomic mass is 10.1. The van der Waals surface area contributed by atoms with Gasteiger partial charge in [-0.25, -0.2) is 0 Å². The van der Waals surface area contributed by atoms with Crippen molar-refractivity contribution in [1.82, 2.24) is 0 Å². The molecule has 1 aliphatic rings. The number of rotatable bonds is 0. The molecule has 1 heterocycles. The van der Waals surface area contributed by atoms with E-state index in [0.717, 1.165) is 5.56 Å². The smallest absolute Gasteiger partial charge is 0.137 e. The fourth-order valence-corrected chi connectivity index (χ4v) is 1.11. The minimum Gasteiger partial charge on any atom is -0.507 e. The largest absolute Gasteiger partial charge is 0.507 e. The summed E-state index contributed by atoms with van der Waals surface area (Å²) in [4.78, 5) is 0. The highest BCUT2D eigenvalue weighted by atomic mass is 35.5. The maximum Gasteiger partial charge on any atom is 0.137 e. The molecule has 1 aromatic carbocycles. The van der Waals surface area contributed by atoms with Gasteiger partial charge in [0.25, 0.3) is 0 Å². The van der Waals surface area contributed by atoms with Crippen LogP contribution < -0.4 is 4.74 Å². The predicted molar refractivity (Wildman–Crippen MR) is 54.1 cm³/mol. The molecule has 2 nitrogen and oxygen atoms in total. The van der Waals surface area contributed by atoms with Crippen LogP contribution in [0.2, 0.25) is 0 Å². The highest BCUT2D eigenvalue weighted by Crippen LogP contribution is 2.25. The summed E-state index contributed by atoms with van der Waals surface area (Å²) in [7, 11) is 0. The van der Waals surface area contributed by atoms with E-state index in [1.165, 1.54) is 0 Å². The second kappa shape index (κ2) is 4.01. The maximum absolute atomic E-state index is 9.47. The molecule has 0 aliphatic carbocycles. The first-order valence-electron chi connectivity index (χ1n) is 3.70. The standard InChI is InChI=1S/C10H8O2.ClH/c11-9-5-3-7-12-10-6-2-1-4-8(9)10;/h1-7,11H;1H. The highest BCUT2D eigenvalue weighted by Gasteiger charge is 2.06. The van der Waals surface area contributed by atoms with Crippen LogP contribution in [0.1, 0.15) is 5.56 Å². The number of halogens is 1. The van der Waals surface area contributed by atoms with Crippen molar-refractivity contribution in [2.45, 2.75) is 0 Å². The molecule has 0 saturated heterocycles. The average molecular weight is 197 g/mol. The number of aliphatic hydroxyl groups is 1. The molecule has 68 valence electrons. The Morgan fingerprint density at radius 2 is 1.92 bits per heavy atom. The third-order valence-electron chi connectivity index (χ3n) is 1.69. The van der Waals surface area contributed by atoms with Gasteiger partial charge in [0.15, 0.2) is 0 Å². The molecule has 0 saturated carbocycles. The van der Waals surface area contributed by atoms with Gasteiger partial charge in [-0.05, 0) is 24.3 Å². The second-order valence-electron chi connectivity index (χ2n) is 2.49. The topological polar surface area (TPSA) is 29.5 Å². The van der Waals surface area contributed by atoms with Crippen molar-refractivity contribution in [1.29, 1.82) is 0 Å². The van der Waals surface area contributed by atoms with Crippen molar-refractivity contribution in [2.75, 3.05) is 0 Å². The van der Waals surface area contributed by atoms with E-state index in [1.54, 1.807) is 18.4 Å². The summed E-state index contributed by atoms with van der Waals surface area (Å²) in [5.41, 5.74) is 0.725. The minimum absolute atomic E-state index is 0. The first-order valence-corrected chi connectivity index (χ1v) is 3.70. The molecule has 0 aromatic heterocycles. The molecule has 2 rings (SSSR count). The Morgan fingerprint density at radius 1 is 1.15 bits per heavy atom. The zero-order chi connectivity index (χ0) is 8.39. The van der Waals surface area contributed by atoms with Gasteiger partial charge in [0.2, 0.25) is 0 Å². The Morgan fingerprint density at radius 3 is 2.77 bits per heavy atom. The van der Waals surface area contributed by atoms with E-state index in [1.807, 2.05) is 24.3 Å². The normalized spacial score (nSPS) is 13.1. The van der Waals surface area contributed by atoms with Gasteiger partial charge < -0.3 is 9.84 Å². The summed E-state index contributed by atoms with van der Waals surface area (Å²) in [6, 6.07) is 7.35. The molecule has 0 amide bonds. The van der Waals surface area contributed by atoms with Crippen molar-refractivity contribution in [3.05, 3.63) is 48.2 Å². The number of benzene rings is 1. The van der Waals surface area contributed by atoms with Crippen molar-refractivity contribution < 1.29 is 9.84 Å². The summed E-state index contributed by atoms with van der Waals surface area (Å²) in [5.74, 6) is 0.916. The molecule has 13 heavy (non-hydrogen) atoms. The van der Waals surface area contributed by atoms with Crippen LogP contribution in [-0.4, -0.2) is 5.11 Å². The number of ether oxygens (including phenoxy) is 1. The summed E-state index contributed by atoms with van der Waals surface area (Å²) in [5, 5.41) is 9.47. The van der Waals surface area contributed by atoms with Crippen molar-refractivity contribution in [3.8, 4) is 5.75 Å². The van der Waals surface area contributed by atoms with Gasteiger partial charge in [0, 0.05) is 0 Å². The lowest BCUT2D eigenvalue weighted by Crippen LogP contribution is -1.86. The van der Waals surface area contributed by atoms with Crippen LogP contribution in [0.5, 0.6) is 5.75 Å². The van der Waals surface area contributed by atoms with Crippen LogP contribution in [0.3, 0.4) is 0 Å². The minimum atomic E-state index is 0. The van der Waals surface area contributed by atoms with Gasteiger partial charge in [0.05, 0.1) is 11.8 Å². The van der Waals surface area contributed by atoms with E-state index in [-0.39, 0.29) is 18.2 Å². The van der Waals surface area contributed by atoms with Crippen LogP contribution >= 0.6 is 12.4 Å². The first kappa shape index (κ1) is 9.68. The average Bonchev–Trinajstić information content (AvgIpc) is 2.29. The molecular weight excluding hydrogens is 188 g/mol. The second-order valence-corrected chi connectivity index (χ2v) is 2.49. The lowest BCUT2D eigenvalue weighted by molar-refractivity contribution is 0.471.